The second kappa shape index (κ2) is 12.0. The first-order valence-corrected chi connectivity index (χ1v) is 23.7. The average molecular weight is 843 g/mol. The zero-order valence-corrected chi connectivity index (χ0v) is 38.4. The highest BCUT2D eigenvalue weighted by Gasteiger charge is 2.46. The lowest BCUT2D eigenvalue weighted by atomic mass is 9.44. The number of furan rings is 1. The molecule has 0 radical (unpaired) electrons. The molecule has 11 aromatic rings. The number of hydrogen-bond donors (Lipinski definition) is 0. The van der Waals surface area contributed by atoms with Gasteiger partial charge in [0.05, 0.1) is 16.4 Å². The highest BCUT2D eigenvalue weighted by atomic mass is 32.1. The molecule has 2 aliphatic heterocycles. The monoisotopic (exact) mass is 842 g/mol. The van der Waals surface area contributed by atoms with Gasteiger partial charge in [0.25, 0.3) is 0 Å². The third-order valence-corrected chi connectivity index (χ3v) is 16.4. The van der Waals surface area contributed by atoms with Crippen LogP contribution in [0.1, 0.15) is 77.6 Å². The summed E-state index contributed by atoms with van der Waals surface area (Å²) in [5.41, 5.74) is 21.5. The van der Waals surface area contributed by atoms with Gasteiger partial charge >= 0.3 is 6.85 Å². The van der Waals surface area contributed by atoms with Crippen molar-refractivity contribution in [2.45, 2.75) is 71.6 Å². The summed E-state index contributed by atoms with van der Waals surface area (Å²) in [6, 6.07) is 53.9. The summed E-state index contributed by atoms with van der Waals surface area (Å²) in [5, 5.41) is 7.38. The molecular formula is C59H47BN2OS. The third-order valence-electron chi connectivity index (χ3n) is 15.3. The van der Waals surface area contributed by atoms with E-state index in [4.69, 9.17) is 4.42 Å². The summed E-state index contributed by atoms with van der Waals surface area (Å²) in [6.45, 7) is 18.7. The van der Waals surface area contributed by atoms with E-state index in [1.165, 1.54) is 114 Å². The van der Waals surface area contributed by atoms with Crippen LogP contribution in [0.4, 0.5) is 11.4 Å². The van der Waals surface area contributed by atoms with Crippen molar-refractivity contribution in [1.29, 1.82) is 0 Å². The lowest BCUT2D eigenvalue weighted by molar-refractivity contribution is 0.589. The Morgan fingerprint density at radius 1 is 0.547 bits per heavy atom. The molecule has 0 saturated heterocycles. The molecule has 5 heterocycles. The summed E-state index contributed by atoms with van der Waals surface area (Å²) in [6.07, 6.45) is 0. The molecule has 0 unspecified atom stereocenters. The summed E-state index contributed by atoms with van der Waals surface area (Å²) in [5.74, 6) is 0. The molecule has 0 N–H and O–H groups in total. The molecule has 308 valence electrons. The van der Waals surface area contributed by atoms with E-state index < -0.39 is 0 Å². The molecular weight excluding hydrogens is 796 g/mol. The van der Waals surface area contributed by atoms with Gasteiger partial charge in [-0.25, -0.2) is 0 Å². The Morgan fingerprint density at radius 3 is 2.06 bits per heavy atom. The summed E-state index contributed by atoms with van der Waals surface area (Å²) in [7, 11) is 0. The molecule has 3 nitrogen and oxygen atoms in total. The van der Waals surface area contributed by atoms with Crippen LogP contribution in [-0.4, -0.2) is 11.4 Å². The van der Waals surface area contributed by atoms with E-state index in [2.05, 4.69) is 204 Å². The van der Waals surface area contributed by atoms with Crippen LogP contribution in [0.3, 0.4) is 0 Å². The number of benzene rings is 8. The van der Waals surface area contributed by atoms with Crippen LogP contribution < -0.4 is 15.7 Å². The van der Waals surface area contributed by atoms with Crippen LogP contribution in [0.25, 0.3) is 91.9 Å². The average Bonchev–Trinajstić information content (AvgIpc) is 4.00. The van der Waals surface area contributed by atoms with Gasteiger partial charge in [-0.2, -0.15) is 0 Å². The van der Waals surface area contributed by atoms with Crippen molar-refractivity contribution in [2.75, 3.05) is 4.81 Å². The van der Waals surface area contributed by atoms with Crippen LogP contribution in [0, 0.1) is 0 Å². The SMILES string of the molecule is CC(C)(C)c1ccc(N2B3c4cc5c(cc4-n4c6ccc7c8ccccc8oc7c6c6ccc(c3c64)-c3cc4c(cc32)-c2cc(C(C)(C)C)ccc2C4(C)C)sc2ccccc25)cc1. The maximum atomic E-state index is 6.88. The Kier molecular flexibility index (Phi) is 6.89. The Balaban J connectivity index is 1.15. The van der Waals surface area contributed by atoms with Gasteiger partial charge in [0, 0.05) is 64.4 Å². The standard InChI is InChI=1S/C59H47BN2OS/c1-57(2,3)32-17-20-34(21-18-32)62-48-30-41-40-27-33(58(4,5)6)19-25-44(40)59(7,8)45(41)28-42(48)37-22-23-39-53-47(26-24-38-35-13-9-11-15-50(35)63-56(38)53)61-49-31-52-43(36-14-10-12-16-51(36)64-52)29-46(49)60(62)54(37)55(39)61/h9-31H,1-8H3. The number of rotatable bonds is 1. The van der Waals surface area contributed by atoms with Gasteiger partial charge < -0.3 is 13.8 Å². The molecule has 64 heavy (non-hydrogen) atoms. The second-order valence-electron chi connectivity index (χ2n) is 21.3. The second-order valence-corrected chi connectivity index (χ2v) is 22.4. The first-order chi connectivity index (χ1) is 30.8. The summed E-state index contributed by atoms with van der Waals surface area (Å²) >= 11 is 1.90. The summed E-state index contributed by atoms with van der Waals surface area (Å²) in [4.78, 5) is 2.71. The van der Waals surface area contributed by atoms with E-state index in [1.807, 2.05) is 11.3 Å². The minimum absolute atomic E-state index is 0.0317. The van der Waals surface area contributed by atoms with Gasteiger partial charge in [-0.05, 0) is 115 Å². The minimum atomic E-state index is -0.159. The number of nitrogens with zero attached hydrogens (tertiary/aromatic N) is 2. The first kappa shape index (κ1) is 36.9. The normalized spacial score (nSPS) is 14.9. The van der Waals surface area contributed by atoms with E-state index >= 15 is 0 Å². The van der Waals surface area contributed by atoms with Crippen molar-refractivity contribution in [3.05, 3.63) is 162 Å². The molecule has 0 spiro atoms. The molecule has 0 fully saturated rings. The molecule has 0 saturated carbocycles. The maximum absolute atomic E-state index is 6.88. The number of hydrogen-bond acceptors (Lipinski definition) is 3. The summed E-state index contributed by atoms with van der Waals surface area (Å²) < 4.78 is 12.1. The maximum Gasteiger partial charge on any atom is 0.333 e. The van der Waals surface area contributed by atoms with Crippen LogP contribution >= 0.6 is 11.3 Å². The largest absolute Gasteiger partial charge is 0.455 e. The van der Waals surface area contributed by atoms with Crippen LogP contribution in [-0.2, 0) is 16.2 Å². The quantitative estimate of drug-likeness (QED) is 0.154. The highest BCUT2D eigenvalue weighted by Crippen LogP contribution is 2.55. The molecule has 1 aliphatic carbocycles. The predicted molar refractivity (Wildman–Crippen MR) is 275 cm³/mol. The fourth-order valence-corrected chi connectivity index (χ4v) is 13.1. The van der Waals surface area contributed by atoms with Crippen molar-refractivity contribution in [1.82, 2.24) is 4.57 Å². The fraction of sp³-hybridized carbons (Fsp3) is 0.186. The fourth-order valence-electron chi connectivity index (χ4n) is 12.0. The van der Waals surface area contributed by atoms with Crippen molar-refractivity contribution < 1.29 is 4.42 Å². The van der Waals surface area contributed by atoms with Gasteiger partial charge in [0.15, 0.2) is 0 Å². The molecule has 0 amide bonds. The molecule has 3 aromatic heterocycles. The van der Waals surface area contributed by atoms with E-state index in [0.29, 0.717) is 0 Å². The van der Waals surface area contributed by atoms with Crippen molar-refractivity contribution >= 4 is 104 Å². The molecule has 5 heteroatoms. The van der Waals surface area contributed by atoms with Crippen molar-refractivity contribution in [3.63, 3.8) is 0 Å². The number of aromatic nitrogens is 1. The van der Waals surface area contributed by atoms with Gasteiger partial charge in [-0.1, -0.05) is 140 Å². The molecule has 0 bridgehead atoms. The Hall–Kier alpha value is -6.56. The zero-order valence-electron chi connectivity index (χ0n) is 37.6. The lowest BCUT2D eigenvalue weighted by Gasteiger charge is -2.42. The smallest absolute Gasteiger partial charge is 0.333 e. The van der Waals surface area contributed by atoms with E-state index in [9.17, 15) is 0 Å². The van der Waals surface area contributed by atoms with E-state index in [0.717, 1.165) is 21.9 Å². The van der Waals surface area contributed by atoms with E-state index in [-0.39, 0.29) is 23.1 Å². The third kappa shape index (κ3) is 4.63. The number of para-hydroxylation sites is 1. The molecule has 3 aliphatic rings. The van der Waals surface area contributed by atoms with Crippen LogP contribution in [0.15, 0.2) is 144 Å². The zero-order chi connectivity index (χ0) is 43.3. The van der Waals surface area contributed by atoms with Gasteiger partial charge in [-0.3, -0.25) is 0 Å². The van der Waals surface area contributed by atoms with Crippen LogP contribution in [0.2, 0.25) is 0 Å². The number of fused-ring (bicyclic) bond motifs is 18. The number of anilines is 2. The van der Waals surface area contributed by atoms with Crippen molar-refractivity contribution in [2.24, 2.45) is 0 Å². The number of thiophene rings is 1. The topological polar surface area (TPSA) is 21.3 Å². The molecule has 8 aromatic carbocycles. The highest BCUT2D eigenvalue weighted by molar-refractivity contribution is 7.26. The van der Waals surface area contributed by atoms with Crippen molar-refractivity contribution in [3.8, 4) is 27.9 Å². The van der Waals surface area contributed by atoms with E-state index in [1.54, 1.807) is 0 Å². The van der Waals surface area contributed by atoms with Crippen LogP contribution in [0.5, 0.6) is 0 Å². The Labute approximate surface area is 377 Å². The molecule has 14 rings (SSSR count). The lowest BCUT2D eigenvalue weighted by Crippen LogP contribution is -2.60. The predicted octanol–water partition coefficient (Wildman–Crippen LogP) is 15.2. The van der Waals surface area contributed by atoms with Gasteiger partial charge in [0.1, 0.15) is 11.2 Å². The first-order valence-electron chi connectivity index (χ1n) is 22.9. The van der Waals surface area contributed by atoms with Gasteiger partial charge in [-0.15, -0.1) is 11.3 Å². The Morgan fingerprint density at radius 2 is 1.27 bits per heavy atom. The van der Waals surface area contributed by atoms with Gasteiger partial charge in [0.2, 0.25) is 0 Å². The molecule has 0 atom stereocenters. The minimum Gasteiger partial charge on any atom is -0.455 e. The Bertz CT molecular complexity index is 3900.